The molecule has 0 bridgehead atoms. The summed E-state index contributed by atoms with van der Waals surface area (Å²) < 4.78 is 16.4. The molecule has 0 atom stereocenters. The number of aromatic amines is 1. The summed E-state index contributed by atoms with van der Waals surface area (Å²) >= 11 is 8.49. The number of aromatic nitrogens is 2. The van der Waals surface area contributed by atoms with Crippen LogP contribution < -0.4 is 0 Å². The largest absolute Gasteiger partial charge is 0.330 e. The predicted octanol–water partition coefficient (Wildman–Crippen LogP) is 4.52. The molecule has 6 heteroatoms. The fourth-order valence-corrected chi connectivity index (χ4v) is 2.83. The molecule has 1 N–H and O–H groups in total. The van der Waals surface area contributed by atoms with Crippen molar-refractivity contribution >= 4 is 39.2 Å². The van der Waals surface area contributed by atoms with Crippen LogP contribution in [0, 0.1) is 21.9 Å². The maximum Gasteiger partial charge on any atom is 0.178 e. The zero-order valence-corrected chi connectivity index (χ0v) is 13.1. The first-order valence-corrected chi connectivity index (χ1v) is 7.35. The highest BCUT2D eigenvalue weighted by Gasteiger charge is 2.09. The Kier molecular flexibility index (Phi) is 3.62. The van der Waals surface area contributed by atoms with Gasteiger partial charge in [0.1, 0.15) is 5.82 Å². The minimum atomic E-state index is -0.336. The number of hydrogen-bond acceptors (Lipinski definition) is 2. The number of rotatable bonds is 2. The third kappa shape index (κ3) is 2.62. The molecule has 0 aliphatic heterocycles. The van der Waals surface area contributed by atoms with Crippen molar-refractivity contribution in [2.24, 2.45) is 0 Å². The van der Waals surface area contributed by atoms with E-state index in [0.717, 1.165) is 11.1 Å². The lowest BCUT2D eigenvalue weighted by Gasteiger charge is -2.06. The SMILES string of the molecule is N#Cc1cccc(Cn2c(=S)[nH]c3cc(F)c(Br)cc32)c1. The van der Waals surface area contributed by atoms with Crippen LogP contribution in [0.3, 0.4) is 0 Å². The monoisotopic (exact) mass is 361 g/mol. The van der Waals surface area contributed by atoms with E-state index in [9.17, 15) is 4.39 Å². The van der Waals surface area contributed by atoms with Gasteiger partial charge < -0.3 is 9.55 Å². The van der Waals surface area contributed by atoms with Gasteiger partial charge in [0, 0.05) is 6.07 Å². The smallest absolute Gasteiger partial charge is 0.178 e. The van der Waals surface area contributed by atoms with Gasteiger partial charge in [0.2, 0.25) is 0 Å². The van der Waals surface area contributed by atoms with Crippen molar-refractivity contribution in [1.82, 2.24) is 9.55 Å². The second kappa shape index (κ2) is 5.43. The lowest BCUT2D eigenvalue weighted by atomic mass is 10.1. The molecule has 0 fully saturated rings. The van der Waals surface area contributed by atoms with Crippen LogP contribution in [0.1, 0.15) is 11.1 Å². The minimum Gasteiger partial charge on any atom is -0.330 e. The van der Waals surface area contributed by atoms with Crippen molar-refractivity contribution in [2.75, 3.05) is 0 Å². The van der Waals surface area contributed by atoms with E-state index >= 15 is 0 Å². The molecule has 1 aromatic heterocycles. The number of benzene rings is 2. The van der Waals surface area contributed by atoms with Crippen LogP contribution in [0.2, 0.25) is 0 Å². The standard InChI is InChI=1S/C15H9BrFN3S/c16-11-5-14-13(6-12(11)17)19-15(21)20(14)8-10-3-1-2-9(4-10)7-18/h1-6H,8H2,(H,19,21). The van der Waals surface area contributed by atoms with Crippen LogP contribution in [-0.2, 0) is 6.54 Å². The zero-order valence-electron chi connectivity index (χ0n) is 10.7. The molecule has 2 aromatic carbocycles. The van der Waals surface area contributed by atoms with Gasteiger partial charge in [-0.25, -0.2) is 4.39 Å². The Hall–Kier alpha value is -1.97. The maximum absolute atomic E-state index is 13.6. The summed E-state index contributed by atoms with van der Waals surface area (Å²) in [6, 6.07) is 12.6. The highest BCUT2D eigenvalue weighted by molar-refractivity contribution is 9.10. The molecule has 1 heterocycles. The van der Waals surface area contributed by atoms with Crippen LogP contribution in [0.4, 0.5) is 4.39 Å². The molecule has 104 valence electrons. The Balaban J connectivity index is 2.12. The van der Waals surface area contributed by atoms with E-state index in [1.54, 1.807) is 12.1 Å². The molecule has 0 saturated heterocycles. The van der Waals surface area contributed by atoms with Crippen LogP contribution in [0.5, 0.6) is 0 Å². The van der Waals surface area contributed by atoms with Gasteiger partial charge in [-0.2, -0.15) is 5.26 Å². The quantitative estimate of drug-likeness (QED) is 0.682. The van der Waals surface area contributed by atoms with Crippen LogP contribution in [0.25, 0.3) is 11.0 Å². The van der Waals surface area contributed by atoms with Gasteiger partial charge in [-0.3, -0.25) is 0 Å². The number of halogens is 2. The summed E-state index contributed by atoms with van der Waals surface area (Å²) in [5, 5.41) is 8.95. The van der Waals surface area contributed by atoms with Crippen LogP contribution in [0.15, 0.2) is 40.9 Å². The first kappa shape index (κ1) is 14.0. The molecule has 0 amide bonds. The van der Waals surface area contributed by atoms with Gasteiger partial charge in [-0.05, 0) is 51.9 Å². The molecule has 3 aromatic rings. The average molecular weight is 362 g/mol. The highest BCUT2D eigenvalue weighted by Crippen LogP contribution is 2.24. The minimum absolute atomic E-state index is 0.336. The Morgan fingerprint density at radius 2 is 2.14 bits per heavy atom. The molecule has 3 rings (SSSR count). The van der Waals surface area contributed by atoms with Gasteiger partial charge >= 0.3 is 0 Å². The molecular formula is C15H9BrFN3S. The number of nitrogens with one attached hydrogen (secondary N) is 1. The topological polar surface area (TPSA) is 44.5 Å². The second-order valence-corrected chi connectivity index (χ2v) is 5.85. The van der Waals surface area contributed by atoms with E-state index in [0.29, 0.717) is 26.9 Å². The van der Waals surface area contributed by atoms with Gasteiger partial charge in [0.05, 0.1) is 33.7 Å². The van der Waals surface area contributed by atoms with Gasteiger partial charge in [-0.1, -0.05) is 12.1 Å². The molecule has 0 spiro atoms. The van der Waals surface area contributed by atoms with Gasteiger partial charge in [0.15, 0.2) is 4.77 Å². The third-order valence-corrected chi connectivity index (χ3v) is 4.14. The van der Waals surface area contributed by atoms with Gasteiger partial charge in [0.25, 0.3) is 0 Å². The first-order chi connectivity index (χ1) is 10.1. The number of nitriles is 1. The number of hydrogen-bond donors (Lipinski definition) is 1. The number of fused-ring (bicyclic) bond motifs is 1. The highest BCUT2D eigenvalue weighted by atomic mass is 79.9. The molecule has 21 heavy (non-hydrogen) atoms. The van der Waals surface area contributed by atoms with Gasteiger partial charge in [-0.15, -0.1) is 0 Å². The van der Waals surface area contributed by atoms with Crippen molar-refractivity contribution in [1.29, 1.82) is 5.26 Å². The third-order valence-electron chi connectivity index (χ3n) is 3.21. The van der Waals surface area contributed by atoms with Crippen LogP contribution in [-0.4, -0.2) is 9.55 Å². The number of imidazole rings is 1. The summed E-state index contributed by atoms with van der Waals surface area (Å²) in [6.45, 7) is 0.520. The van der Waals surface area contributed by atoms with Crippen LogP contribution >= 0.6 is 28.1 Å². The Morgan fingerprint density at radius 3 is 2.90 bits per heavy atom. The Labute approximate surface area is 133 Å². The Morgan fingerprint density at radius 1 is 1.33 bits per heavy atom. The lowest BCUT2D eigenvalue weighted by Crippen LogP contribution is -2.00. The predicted molar refractivity (Wildman–Crippen MR) is 85.0 cm³/mol. The van der Waals surface area contributed by atoms with Crippen molar-refractivity contribution in [2.45, 2.75) is 6.54 Å². The number of nitrogens with zero attached hydrogens (tertiary/aromatic N) is 2. The van der Waals surface area contributed by atoms with Crippen molar-refractivity contribution in [3.63, 3.8) is 0 Å². The summed E-state index contributed by atoms with van der Waals surface area (Å²) in [4.78, 5) is 3.00. The van der Waals surface area contributed by atoms with Crippen molar-refractivity contribution in [3.8, 4) is 6.07 Å². The molecule has 0 unspecified atom stereocenters. The summed E-state index contributed by atoms with van der Waals surface area (Å²) in [7, 11) is 0. The Bertz CT molecular complexity index is 936. The fourth-order valence-electron chi connectivity index (χ4n) is 2.23. The van der Waals surface area contributed by atoms with E-state index < -0.39 is 0 Å². The summed E-state index contributed by atoms with van der Waals surface area (Å²) in [6.07, 6.45) is 0. The number of H-pyrrole nitrogens is 1. The van der Waals surface area contributed by atoms with Crippen molar-refractivity contribution < 1.29 is 4.39 Å². The second-order valence-electron chi connectivity index (χ2n) is 4.61. The lowest BCUT2D eigenvalue weighted by molar-refractivity contribution is 0.622. The molecule has 0 radical (unpaired) electrons. The zero-order chi connectivity index (χ0) is 15.0. The normalized spacial score (nSPS) is 10.7. The molecule has 3 nitrogen and oxygen atoms in total. The fraction of sp³-hybridized carbons (Fsp3) is 0.0667. The molecule has 0 aliphatic carbocycles. The molecular weight excluding hydrogens is 353 g/mol. The summed E-state index contributed by atoms with van der Waals surface area (Å²) in [5.74, 6) is -0.336. The van der Waals surface area contributed by atoms with E-state index in [1.807, 2.05) is 22.8 Å². The molecule has 0 saturated carbocycles. The van der Waals surface area contributed by atoms with Crippen molar-refractivity contribution in [3.05, 3.63) is 62.6 Å². The van der Waals surface area contributed by atoms with E-state index in [4.69, 9.17) is 17.5 Å². The van der Waals surface area contributed by atoms with E-state index in [2.05, 4.69) is 27.0 Å². The summed E-state index contributed by atoms with van der Waals surface area (Å²) in [5.41, 5.74) is 3.03. The first-order valence-electron chi connectivity index (χ1n) is 6.15. The molecule has 0 aliphatic rings. The maximum atomic E-state index is 13.6. The average Bonchev–Trinajstić information content (AvgIpc) is 2.76. The van der Waals surface area contributed by atoms with E-state index in [1.165, 1.54) is 6.07 Å². The van der Waals surface area contributed by atoms with E-state index in [-0.39, 0.29) is 5.82 Å².